The molecular weight excluding hydrogens is 199 g/mol. The maximum Gasteiger partial charge on any atom is 0.257 e. The van der Waals surface area contributed by atoms with Gasteiger partial charge in [0.15, 0.2) is 4.84 Å². The molecule has 5 heteroatoms. The zero-order valence-electron chi connectivity index (χ0n) is 6.00. The minimum Gasteiger partial charge on any atom is -0.322 e. The van der Waals surface area contributed by atoms with E-state index in [4.69, 9.17) is 23.2 Å². The lowest BCUT2D eigenvalue weighted by atomic mass is 10.4. The number of halogens is 2. The van der Waals surface area contributed by atoms with Gasteiger partial charge in [-0.2, -0.15) is 0 Å². The number of nitrogens with one attached hydrogen (secondary N) is 1. The van der Waals surface area contributed by atoms with Crippen LogP contribution in [0.15, 0.2) is 24.5 Å². The molecule has 1 N–H and O–H groups in total. The Morgan fingerprint density at radius 3 is 2.83 bits per heavy atom. The highest BCUT2D eigenvalue weighted by Gasteiger charge is 2.10. The first-order valence-electron chi connectivity index (χ1n) is 3.19. The number of rotatable bonds is 2. The number of pyridine rings is 1. The Morgan fingerprint density at radius 2 is 2.33 bits per heavy atom. The molecule has 64 valence electrons. The van der Waals surface area contributed by atoms with Gasteiger partial charge in [0.1, 0.15) is 0 Å². The van der Waals surface area contributed by atoms with Crippen LogP contribution in [0.4, 0.5) is 5.69 Å². The highest BCUT2D eigenvalue weighted by molar-refractivity contribution is 6.54. The second kappa shape index (κ2) is 4.28. The normalized spacial score (nSPS) is 9.92. The molecule has 0 aliphatic rings. The Bertz CT molecular complexity index is 263. The summed E-state index contributed by atoms with van der Waals surface area (Å²) in [6, 6.07) is 3.40. The van der Waals surface area contributed by atoms with Crippen LogP contribution in [0.25, 0.3) is 0 Å². The SMILES string of the molecule is O=C(Nc1cccnc1)C(Cl)Cl. The molecule has 0 aliphatic heterocycles. The Balaban J connectivity index is 2.59. The summed E-state index contributed by atoms with van der Waals surface area (Å²) in [7, 11) is 0. The fraction of sp³-hybridized carbons (Fsp3) is 0.143. The second-order valence-electron chi connectivity index (χ2n) is 2.03. The van der Waals surface area contributed by atoms with Crippen LogP contribution >= 0.6 is 23.2 Å². The lowest BCUT2D eigenvalue weighted by Gasteiger charge is -2.03. The molecule has 12 heavy (non-hydrogen) atoms. The van der Waals surface area contributed by atoms with Crippen LogP contribution in [0.5, 0.6) is 0 Å². The molecule has 0 aromatic carbocycles. The molecule has 0 aliphatic carbocycles. The van der Waals surface area contributed by atoms with Crippen LogP contribution in [0, 0.1) is 0 Å². The average Bonchev–Trinajstić information content (AvgIpc) is 2.06. The van der Waals surface area contributed by atoms with Crippen molar-refractivity contribution in [3.8, 4) is 0 Å². The third kappa shape index (κ3) is 2.68. The third-order valence-corrected chi connectivity index (χ3v) is 1.52. The van der Waals surface area contributed by atoms with Crippen LogP contribution in [-0.2, 0) is 4.79 Å². The highest BCUT2D eigenvalue weighted by atomic mass is 35.5. The Labute approximate surface area is 79.7 Å². The second-order valence-corrected chi connectivity index (χ2v) is 3.13. The molecule has 0 saturated carbocycles. The molecule has 1 aromatic rings. The fourth-order valence-corrected chi connectivity index (χ4v) is 0.743. The van der Waals surface area contributed by atoms with Crippen LogP contribution in [-0.4, -0.2) is 15.7 Å². The van der Waals surface area contributed by atoms with E-state index in [2.05, 4.69) is 10.3 Å². The Kier molecular flexibility index (Phi) is 3.31. The van der Waals surface area contributed by atoms with E-state index in [1.54, 1.807) is 18.3 Å². The van der Waals surface area contributed by atoms with E-state index in [0.29, 0.717) is 5.69 Å². The van der Waals surface area contributed by atoms with E-state index in [9.17, 15) is 4.79 Å². The number of aromatic nitrogens is 1. The van der Waals surface area contributed by atoms with Crippen molar-refractivity contribution in [2.45, 2.75) is 4.84 Å². The first-order valence-corrected chi connectivity index (χ1v) is 4.06. The van der Waals surface area contributed by atoms with Crippen molar-refractivity contribution < 1.29 is 4.79 Å². The van der Waals surface area contributed by atoms with Gasteiger partial charge in [-0.25, -0.2) is 0 Å². The van der Waals surface area contributed by atoms with Crippen molar-refractivity contribution in [3.05, 3.63) is 24.5 Å². The Morgan fingerprint density at radius 1 is 1.58 bits per heavy atom. The predicted octanol–water partition coefficient (Wildman–Crippen LogP) is 1.82. The van der Waals surface area contributed by atoms with Gasteiger partial charge in [-0.05, 0) is 12.1 Å². The third-order valence-electron chi connectivity index (χ3n) is 1.13. The van der Waals surface area contributed by atoms with Gasteiger partial charge in [0.25, 0.3) is 5.91 Å². The molecule has 0 unspecified atom stereocenters. The molecule has 1 rings (SSSR count). The molecule has 1 amide bonds. The standard InChI is InChI=1S/C7H6Cl2N2O/c8-6(9)7(12)11-5-2-1-3-10-4-5/h1-4,6H,(H,11,12). The van der Waals surface area contributed by atoms with Gasteiger partial charge in [0, 0.05) is 6.20 Å². The molecular formula is C7H6Cl2N2O. The van der Waals surface area contributed by atoms with Crippen LogP contribution in [0.3, 0.4) is 0 Å². The van der Waals surface area contributed by atoms with Gasteiger partial charge in [-0.3, -0.25) is 9.78 Å². The summed E-state index contributed by atoms with van der Waals surface area (Å²) < 4.78 is 0. The quantitative estimate of drug-likeness (QED) is 0.748. The van der Waals surface area contributed by atoms with Gasteiger partial charge in [0.2, 0.25) is 0 Å². The molecule has 0 fully saturated rings. The number of hydrogen-bond donors (Lipinski definition) is 1. The summed E-state index contributed by atoms with van der Waals surface area (Å²) >= 11 is 10.6. The number of hydrogen-bond acceptors (Lipinski definition) is 2. The van der Waals surface area contributed by atoms with E-state index >= 15 is 0 Å². The summed E-state index contributed by atoms with van der Waals surface area (Å²) in [5.41, 5.74) is 0.578. The lowest BCUT2D eigenvalue weighted by Crippen LogP contribution is -2.18. The zero-order chi connectivity index (χ0) is 8.97. The number of carbonyl (C=O) groups is 1. The smallest absolute Gasteiger partial charge is 0.257 e. The first-order chi connectivity index (χ1) is 5.70. The highest BCUT2D eigenvalue weighted by Crippen LogP contribution is 2.07. The molecule has 1 heterocycles. The molecule has 3 nitrogen and oxygen atoms in total. The van der Waals surface area contributed by atoms with Crippen LogP contribution in [0.1, 0.15) is 0 Å². The van der Waals surface area contributed by atoms with Crippen molar-refractivity contribution in [2.24, 2.45) is 0 Å². The predicted molar refractivity (Wildman–Crippen MR) is 48.4 cm³/mol. The lowest BCUT2D eigenvalue weighted by molar-refractivity contribution is -0.114. The van der Waals surface area contributed by atoms with E-state index in [1.807, 2.05) is 0 Å². The summed E-state index contributed by atoms with van der Waals surface area (Å²) in [4.78, 5) is 13.7. The van der Waals surface area contributed by atoms with Crippen LogP contribution in [0.2, 0.25) is 0 Å². The summed E-state index contributed by atoms with van der Waals surface area (Å²) in [5, 5.41) is 2.48. The van der Waals surface area contributed by atoms with E-state index < -0.39 is 10.7 Å². The maximum atomic E-state index is 10.9. The van der Waals surface area contributed by atoms with Gasteiger partial charge in [-0.1, -0.05) is 23.2 Å². The van der Waals surface area contributed by atoms with Crippen molar-refractivity contribution >= 4 is 34.8 Å². The van der Waals surface area contributed by atoms with Gasteiger partial charge in [0.05, 0.1) is 11.9 Å². The maximum absolute atomic E-state index is 10.9. The minimum atomic E-state index is -1.05. The first kappa shape index (κ1) is 9.29. The van der Waals surface area contributed by atoms with Crippen molar-refractivity contribution in [2.75, 3.05) is 5.32 Å². The van der Waals surface area contributed by atoms with E-state index in [0.717, 1.165) is 0 Å². The number of amides is 1. The van der Waals surface area contributed by atoms with Crippen LogP contribution < -0.4 is 5.32 Å². The van der Waals surface area contributed by atoms with Gasteiger partial charge >= 0.3 is 0 Å². The molecule has 0 bridgehead atoms. The van der Waals surface area contributed by atoms with E-state index in [1.165, 1.54) is 6.20 Å². The van der Waals surface area contributed by atoms with Gasteiger partial charge in [-0.15, -0.1) is 0 Å². The number of carbonyl (C=O) groups excluding carboxylic acids is 1. The van der Waals surface area contributed by atoms with Gasteiger partial charge < -0.3 is 5.32 Å². The molecule has 0 radical (unpaired) electrons. The fourth-order valence-electron chi connectivity index (χ4n) is 0.634. The van der Waals surface area contributed by atoms with Crippen molar-refractivity contribution in [1.29, 1.82) is 0 Å². The number of nitrogens with zero attached hydrogens (tertiary/aromatic N) is 1. The largest absolute Gasteiger partial charge is 0.322 e. The molecule has 0 saturated heterocycles. The minimum absolute atomic E-state index is 0.452. The summed E-state index contributed by atoms with van der Waals surface area (Å²) in [6.07, 6.45) is 3.11. The molecule has 0 atom stereocenters. The number of alkyl halides is 2. The zero-order valence-corrected chi connectivity index (χ0v) is 7.51. The summed E-state index contributed by atoms with van der Waals surface area (Å²) in [5.74, 6) is -0.452. The van der Waals surface area contributed by atoms with E-state index in [-0.39, 0.29) is 0 Å². The summed E-state index contributed by atoms with van der Waals surface area (Å²) in [6.45, 7) is 0. The topological polar surface area (TPSA) is 42.0 Å². The number of anilines is 1. The molecule has 0 spiro atoms. The molecule has 1 aromatic heterocycles. The van der Waals surface area contributed by atoms with Crippen molar-refractivity contribution in [1.82, 2.24) is 4.98 Å². The average molecular weight is 205 g/mol. The van der Waals surface area contributed by atoms with Crippen molar-refractivity contribution in [3.63, 3.8) is 0 Å². The Hall–Kier alpha value is -0.800. The monoisotopic (exact) mass is 204 g/mol.